The van der Waals surface area contributed by atoms with Crippen molar-refractivity contribution in [1.82, 2.24) is 0 Å². The van der Waals surface area contributed by atoms with Crippen LogP contribution in [0.2, 0.25) is 0 Å². The Morgan fingerprint density at radius 1 is 1.14 bits per heavy atom. The van der Waals surface area contributed by atoms with Gasteiger partial charge in [0.05, 0.1) is 19.3 Å². The molecular formula is C18H28O3. The minimum atomic E-state index is -0.445. The van der Waals surface area contributed by atoms with Crippen molar-refractivity contribution in [3.63, 3.8) is 0 Å². The molecule has 1 heterocycles. The summed E-state index contributed by atoms with van der Waals surface area (Å²) in [7, 11) is 0. The molecule has 1 aromatic rings. The second-order valence-corrected chi connectivity index (χ2v) is 7.38. The van der Waals surface area contributed by atoms with E-state index in [9.17, 15) is 5.11 Å². The molecule has 1 aromatic carbocycles. The Balaban J connectivity index is 2.02. The van der Waals surface area contributed by atoms with Crippen LogP contribution in [0.25, 0.3) is 0 Å². The van der Waals surface area contributed by atoms with Crippen molar-refractivity contribution < 1.29 is 14.6 Å². The van der Waals surface area contributed by atoms with Crippen LogP contribution in [0.5, 0.6) is 11.5 Å². The lowest BCUT2D eigenvalue weighted by Crippen LogP contribution is -2.13. The summed E-state index contributed by atoms with van der Waals surface area (Å²) in [5, 5.41) is 10.5. The van der Waals surface area contributed by atoms with Crippen LogP contribution in [0.3, 0.4) is 0 Å². The molecule has 0 saturated heterocycles. The number of aliphatic hydroxyl groups excluding tert-OH is 1. The van der Waals surface area contributed by atoms with Crippen molar-refractivity contribution >= 4 is 0 Å². The monoisotopic (exact) mass is 292 g/mol. The quantitative estimate of drug-likeness (QED) is 0.897. The van der Waals surface area contributed by atoms with Crippen LogP contribution in [-0.2, 0) is 0 Å². The van der Waals surface area contributed by atoms with Crippen LogP contribution < -0.4 is 9.47 Å². The first kappa shape index (κ1) is 16.2. The summed E-state index contributed by atoms with van der Waals surface area (Å²) >= 11 is 0. The highest BCUT2D eigenvalue weighted by Crippen LogP contribution is 2.35. The first-order chi connectivity index (χ1) is 9.85. The predicted molar refractivity (Wildman–Crippen MR) is 84.9 cm³/mol. The molecule has 2 atom stereocenters. The summed E-state index contributed by atoms with van der Waals surface area (Å²) in [6, 6.07) is 5.78. The van der Waals surface area contributed by atoms with Gasteiger partial charge in [-0.25, -0.2) is 0 Å². The van der Waals surface area contributed by atoms with Crippen molar-refractivity contribution in [3.05, 3.63) is 23.8 Å². The topological polar surface area (TPSA) is 38.7 Å². The van der Waals surface area contributed by atoms with E-state index in [-0.39, 0.29) is 0 Å². The van der Waals surface area contributed by atoms with Gasteiger partial charge >= 0.3 is 0 Å². The van der Waals surface area contributed by atoms with E-state index in [0.717, 1.165) is 36.3 Å². The predicted octanol–water partition coefficient (Wildman–Crippen LogP) is 4.34. The average molecular weight is 292 g/mol. The van der Waals surface area contributed by atoms with Gasteiger partial charge in [-0.05, 0) is 41.9 Å². The maximum Gasteiger partial charge on any atom is 0.161 e. The fourth-order valence-corrected chi connectivity index (χ4v) is 3.03. The first-order valence-electron chi connectivity index (χ1n) is 7.93. The second-order valence-electron chi connectivity index (χ2n) is 7.38. The number of rotatable bonds is 4. The molecule has 0 radical (unpaired) electrons. The molecule has 1 N–H and O–H groups in total. The Labute approximate surface area is 128 Å². The lowest BCUT2D eigenvalue weighted by atomic mass is 9.82. The Bertz CT molecular complexity index is 462. The lowest BCUT2D eigenvalue weighted by Gasteiger charge is -2.25. The third kappa shape index (κ3) is 4.92. The molecule has 0 aromatic heterocycles. The normalized spacial score (nSPS) is 18.0. The third-order valence-electron chi connectivity index (χ3n) is 3.74. The summed E-state index contributed by atoms with van der Waals surface area (Å²) in [6.07, 6.45) is 2.33. The molecule has 3 heteroatoms. The van der Waals surface area contributed by atoms with E-state index in [1.165, 1.54) is 0 Å². The van der Waals surface area contributed by atoms with E-state index in [4.69, 9.17) is 9.47 Å². The number of benzene rings is 1. The maximum absolute atomic E-state index is 10.5. The van der Waals surface area contributed by atoms with Gasteiger partial charge < -0.3 is 14.6 Å². The fraction of sp³-hybridized carbons (Fsp3) is 0.667. The van der Waals surface area contributed by atoms with Crippen LogP contribution in [0.15, 0.2) is 18.2 Å². The van der Waals surface area contributed by atoms with Crippen LogP contribution in [0.4, 0.5) is 0 Å². The molecule has 0 spiro atoms. The largest absolute Gasteiger partial charge is 0.490 e. The summed E-state index contributed by atoms with van der Waals surface area (Å²) in [6.45, 7) is 10.3. The van der Waals surface area contributed by atoms with E-state index < -0.39 is 6.10 Å². The molecular weight excluding hydrogens is 264 g/mol. The van der Waals surface area contributed by atoms with Gasteiger partial charge in [0, 0.05) is 6.42 Å². The molecule has 3 nitrogen and oxygen atoms in total. The van der Waals surface area contributed by atoms with Crippen molar-refractivity contribution in [3.8, 4) is 11.5 Å². The molecule has 2 rings (SSSR count). The Kier molecular flexibility index (Phi) is 5.15. The standard InChI is InChI=1S/C18H28O3/c1-13(12-18(2,3)4)10-15(19)14-6-7-16-17(11-14)21-9-5-8-20-16/h6-7,11,13,15,19H,5,8-10,12H2,1-4H3. The number of aliphatic hydroxyl groups is 1. The first-order valence-corrected chi connectivity index (χ1v) is 7.93. The van der Waals surface area contributed by atoms with Gasteiger partial charge in [-0.15, -0.1) is 0 Å². The third-order valence-corrected chi connectivity index (χ3v) is 3.74. The molecule has 118 valence electrons. The molecule has 0 saturated carbocycles. The van der Waals surface area contributed by atoms with Crippen molar-refractivity contribution in [2.24, 2.45) is 11.3 Å². The van der Waals surface area contributed by atoms with Gasteiger partial charge in [0.25, 0.3) is 0 Å². The van der Waals surface area contributed by atoms with E-state index in [1.54, 1.807) is 0 Å². The lowest BCUT2D eigenvalue weighted by molar-refractivity contribution is 0.133. The highest BCUT2D eigenvalue weighted by atomic mass is 16.5. The Morgan fingerprint density at radius 2 is 1.81 bits per heavy atom. The Hall–Kier alpha value is -1.22. The number of hydrogen-bond acceptors (Lipinski definition) is 3. The Morgan fingerprint density at radius 3 is 2.48 bits per heavy atom. The molecule has 0 bridgehead atoms. The molecule has 1 aliphatic rings. The van der Waals surface area contributed by atoms with E-state index in [0.29, 0.717) is 24.5 Å². The highest BCUT2D eigenvalue weighted by molar-refractivity contribution is 5.44. The highest BCUT2D eigenvalue weighted by Gasteiger charge is 2.20. The van der Waals surface area contributed by atoms with E-state index in [1.807, 2.05) is 18.2 Å². The minimum absolute atomic E-state index is 0.295. The summed E-state index contributed by atoms with van der Waals surface area (Å²) < 4.78 is 11.3. The maximum atomic E-state index is 10.5. The molecule has 0 fully saturated rings. The fourth-order valence-electron chi connectivity index (χ4n) is 3.03. The zero-order chi connectivity index (χ0) is 15.5. The molecule has 0 aliphatic carbocycles. The van der Waals surface area contributed by atoms with Crippen molar-refractivity contribution in [2.75, 3.05) is 13.2 Å². The van der Waals surface area contributed by atoms with E-state index in [2.05, 4.69) is 27.7 Å². The average Bonchev–Trinajstić information content (AvgIpc) is 2.60. The van der Waals surface area contributed by atoms with Crippen LogP contribution >= 0.6 is 0 Å². The van der Waals surface area contributed by atoms with Crippen molar-refractivity contribution in [1.29, 1.82) is 0 Å². The SMILES string of the molecule is CC(CC(O)c1ccc2c(c1)OCCCO2)CC(C)(C)C. The summed E-state index contributed by atoms with van der Waals surface area (Å²) in [5.74, 6) is 2.02. The van der Waals surface area contributed by atoms with Crippen LogP contribution in [0.1, 0.15) is 58.6 Å². The second kappa shape index (κ2) is 6.69. The number of ether oxygens (including phenoxy) is 2. The van der Waals surface area contributed by atoms with Gasteiger partial charge in [-0.2, -0.15) is 0 Å². The molecule has 2 unspecified atom stereocenters. The summed E-state index contributed by atoms with van der Waals surface area (Å²) in [5.41, 5.74) is 1.21. The number of fused-ring (bicyclic) bond motifs is 1. The van der Waals surface area contributed by atoms with Gasteiger partial charge in [0.15, 0.2) is 11.5 Å². The molecule has 0 amide bonds. The molecule has 21 heavy (non-hydrogen) atoms. The van der Waals surface area contributed by atoms with Crippen LogP contribution in [0, 0.1) is 11.3 Å². The zero-order valence-corrected chi connectivity index (χ0v) is 13.7. The van der Waals surface area contributed by atoms with Crippen molar-refractivity contribution in [2.45, 2.75) is 53.1 Å². The number of hydrogen-bond donors (Lipinski definition) is 1. The summed E-state index contributed by atoms with van der Waals surface area (Å²) in [4.78, 5) is 0. The smallest absolute Gasteiger partial charge is 0.161 e. The van der Waals surface area contributed by atoms with Crippen LogP contribution in [-0.4, -0.2) is 18.3 Å². The van der Waals surface area contributed by atoms with Gasteiger partial charge in [0.2, 0.25) is 0 Å². The van der Waals surface area contributed by atoms with Gasteiger partial charge in [-0.1, -0.05) is 33.8 Å². The minimum Gasteiger partial charge on any atom is -0.490 e. The molecule has 1 aliphatic heterocycles. The van der Waals surface area contributed by atoms with E-state index >= 15 is 0 Å². The van der Waals surface area contributed by atoms with Gasteiger partial charge in [0.1, 0.15) is 0 Å². The van der Waals surface area contributed by atoms with Gasteiger partial charge in [-0.3, -0.25) is 0 Å². The zero-order valence-electron chi connectivity index (χ0n) is 13.7.